The van der Waals surface area contributed by atoms with Crippen molar-refractivity contribution in [3.63, 3.8) is 0 Å². The molecule has 1 fully saturated rings. The third kappa shape index (κ3) is 5.14. The second kappa shape index (κ2) is 9.98. The number of nitrogens with zero attached hydrogens (tertiary/aromatic N) is 5. The van der Waals surface area contributed by atoms with Gasteiger partial charge >= 0.3 is 0 Å². The molecule has 0 spiro atoms. The molecule has 0 aliphatic carbocycles. The molecule has 30 heavy (non-hydrogen) atoms. The van der Waals surface area contributed by atoms with Crippen LogP contribution in [0, 0.1) is 0 Å². The van der Waals surface area contributed by atoms with Crippen molar-refractivity contribution in [2.45, 2.75) is 43.8 Å². The predicted molar refractivity (Wildman–Crippen MR) is 120 cm³/mol. The van der Waals surface area contributed by atoms with Gasteiger partial charge < -0.3 is 14.0 Å². The van der Waals surface area contributed by atoms with Crippen LogP contribution < -0.4 is 0 Å². The third-order valence-corrected chi connectivity index (χ3v) is 6.64. The molecule has 1 saturated heterocycles. The first kappa shape index (κ1) is 20.7. The number of aryl methyl sites for hydroxylation is 2. The number of carbonyl (C=O) groups excluding carboxylic acids is 1. The summed E-state index contributed by atoms with van der Waals surface area (Å²) in [6.07, 6.45) is 7.15. The van der Waals surface area contributed by atoms with Crippen LogP contribution in [0.4, 0.5) is 0 Å². The molecule has 158 valence electrons. The molecule has 1 aliphatic rings. The average molecular weight is 424 g/mol. The summed E-state index contributed by atoms with van der Waals surface area (Å²) in [5, 5.41) is 9.77. The summed E-state index contributed by atoms with van der Waals surface area (Å²) in [5.41, 5.74) is 2.49. The van der Waals surface area contributed by atoms with E-state index in [2.05, 4.69) is 49.7 Å². The first-order valence-corrected chi connectivity index (χ1v) is 11.7. The van der Waals surface area contributed by atoms with E-state index in [1.807, 2.05) is 30.3 Å². The molecule has 4 rings (SSSR count). The summed E-state index contributed by atoms with van der Waals surface area (Å²) >= 11 is 1.51. The molecular weight excluding hydrogens is 394 g/mol. The zero-order valence-corrected chi connectivity index (χ0v) is 18.4. The monoisotopic (exact) mass is 423 g/mol. The molecular formula is C23H29N5OS. The largest absolute Gasteiger partial charge is 0.354 e. The van der Waals surface area contributed by atoms with E-state index in [-0.39, 0.29) is 5.91 Å². The minimum absolute atomic E-state index is 0.210. The van der Waals surface area contributed by atoms with Gasteiger partial charge in [0.1, 0.15) is 5.82 Å². The number of thioether (sulfide) groups is 1. The quantitative estimate of drug-likeness (QED) is 0.520. The standard InChI is InChI=1S/C23H29N5OS/c1-26-13-8-11-20(26)17-21-24-25-23(28(21)16-12-19-9-4-2-5-10-19)30-18-22(29)27-14-6-3-7-15-27/h2,4-5,8-11,13H,3,6-7,12,14-18H2,1H3. The number of hydrogen-bond acceptors (Lipinski definition) is 4. The van der Waals surface area contributed by atoms with Gasteiger partial charge in [0.15, 0.2) is 5.16 Å². The SMILES string of the molecule is Cn1cccc1Cc1nnc(SCC(=O)N2CCCCC2)n1CCc1ccccc1. The number of likely N-dealkylation sites (tertiary alicyclic amines) is 1. The van der Waals surface area contributed by atoms with E-state index in [0.717, 1.165) is 56.3 Å². The van der Waals surface area contributed by atoms with Crippen LogP contribution in [0.5, 0.6) is 0 Å². The van der Waals surface area contributed by atoms with E-state index in [1.54, 1.807) is 0 Å². The summed E-state index contributed by atoms with van der Waals surface area (Å²) in [5.74, 6) is 1.58. The maximum absolute atomic E-state index is 12.6. The maximum atomic E-state index is 12.6. The fourth-order valence-electron chi connectivity index (χ4n) is 3.87. The van der Waals surface area contributed by atoms with Gasteiger partial charge in [0.2, 0.25) is 5.91 Å². The number of hydrogen-bond donors (Lipinski definition) is 0. The van der Waals surface area contributed by atoms with Crippen molar-refractivity contribution in [2.75, 3.05) is 18.8 Å². The fraction of sp³-hybridized carbons (Fsp3) is 0.435. The summed E-state index contributed by atoms with van der Waals surface area (Å²) in [4.78, 5) is 14.6. The number of benzene rings is 1. The lowest BCUT2D eigenvalue weighted by atomic mass is 10.1. The normalized spacial score (nSPS) is 14.2. The Morgan fingerprint density at radius 1 is 1.03 bits per heavy atom. The van der Waals surface area contributed by atoms with E-state index in [0.29, 0.717) is 5.75 Å². The Hall–Kier alpha value is -2.54. The van der Waals surface area contributed by atoms with Crippen LogP contribution in [0.15, 0.2) is 53.8 Å². The van der Waals surface area contributed by atoms with Crippen molar-refractivity contribution in [3.8, 4) is 0 Å². The number of piperidine rings is 1. The van der Waals surface area contributed by atoms with Gasteiger partial charge in [0, 0.05) is 45.0 Å². The van der Waals surface area contributed by atoms with Crippen LogP contribution in [-0.2, 0) is 31.2 Å². The molecule has 0 atom stereocenters. The maximum Gasteiger partial charge on any atom is 0.233 e. The number of carbonyl (C=O) groups is 1. The van der Waals surface area contributed by atoms with Crippen molar-refractivity contribution in [3.05, 3.63) is 65.7 Å². The molecule has 0 saturated carbocycles. The van der Waals surface area contributed by atoms with E-state index >= 15 is 0 Å². The van der Waals surface area contributed by atoms with Crippen LogP contribution in [0.1, 0.15) is 36.3 Å². The van der Waals surface area contributed by atoms with Crippen molar-refractivity contribution in [2.24, 2.45) is 7.05 Å². The van der Waals surface area contributed by atoms with Gasteiger partial charge in [-0.1, -0.05) is 42.1 Å². The van der Waals surface area contributed by atoms with Crippen LogP contribution in [0.3, 0.4) is 0 Å². The van der Waals surface area contributed by atoms with Gasteiger partial charge in [-0.05, 0) is 43.4 Å². The van der Waals surface area contributed by atoms with Crippen LogP contribution >= 0.6 is 11.8 Å². The topological polar surface area (TPSA) is 56.0 Å². The zero-order valence-electron chi connectivity index (χ0n) is 17.5. The third-order valence-electron chi connectivity index (χ3n) is 5.68. The van der Waals surface area contributed by atoms with Gasteiger partial charge in [-0.15, -0.1) is 10.2 Å². The molecule has 2 aromatic heterocycles. The van der Waals surface area contributed by atoms with E-state index < -0.39 is 0 Å². The van der Waals surface area contributed by atoms with Crippen LogP contribution in [0.25, 0.3) is 0 Å². The molecule has 0 N–H and O–H groups in total. The molecule has 1 aromatic carbocycles. The van der Waals surface area contributed by atoms with Crippen molar-refractivity contribution < 1.29 is 4.79 Å². The Morgan fingerprint density at radius 3 is 2.57 bits per heavy atom. The lowest BCUT2D eigenvalue weighted by Crippen LogP contribution is -2.36. The van der Waals surface area contributed by atoms with Crippen LogP contribution in [0.2, 0.25) is 0 Å². The lowest BCUT2D eigenvalue weighted by molar-refractivity contribution is -0.129. The highest BCUT2D eigenvalue weighted by Crippen LogP contribution is 2.21. The second-order valence-corrected chi connectivity index (χ2v) is 8.75. The Kier molecular flexibility index (Phi) is 6.89. The molecule has 0 unspecified atom stereocenters. The summed E-state index contributed by atoms with van der Waals surface area (Å²) < 4.78 is 4.30. The Morgan fingerprint density at radius 2 is 1.83 bits per heavy atom. The Labute approximate surface area is 182 Å². The Bertz CT molecular complexity index is 959. The number of aromatic nitrogens is 4. The number of amides is 1. The van der Waals surface area contributed by atoms with Crippen LogP contribution in [-0.4, -0.2) is 49.0 Å². The van der Waals surface area contributed by atoms with Crippen molar-refractivity contribution >= 4 is 17.7 Å². The van der Waals surface area contributed by atoms with E-state index in [9.17, 15) is 4.79 Å². The van der Waals surface area contributed by atoms with E-state index in [4.69, 9.17) is 0 Å². The zero-order chi connectivity index (χ0) is 20.8. The summed E-state index contributed by atoms with van der Waals surface area (Å²) in [6, 6.07) is 14.6. The minimum atomic E-state index is 0.210. The highest BCUT2D eigenvalue weighted by molar-refractivity contribution is 7.99. The van der Waals surface area contributed by atoms with Gasteiger partial charge in [0.05, 0.1) is 5.75 Å². The average Bonchev–Trinajstić information content (AvgIpc) is 3.37. The predicted octanol–water partition coefficient (Wildman–Crippen LogP) is 3.55. The van der Waals surface area contributed by atoms with Crippen molar-refractivity contribution in [1.29, 1.82) is 0 Å². The molecule has 6 nitrogen and oxygen atoms in total. The molecule has 7 heteroatoms. The number of rotatable bonds is 8. The molecule has 3 aromatic rings. The summed E-state index contributed by atoms with van der Waals surface area (Å²) in [6.45, 7) is 2.58. The first-order chi connectivity index (χ1) is 14.7. The van der Waals surface area contributed by atoms with Gasteiger partial charge in [-0.2, -0.15) is 0 Å². The smallest absolute Gasteiger partial charge is 0.233 e. The molecule has 0 radical (unpaired) electrons. The lowest BCUT2D eigenvalue weighted by Gasteiger charge is -2.26. The molecule has 1 aliphatic heterocycles. The molecule has 0 bridgehead atoms. The van der Waals surface area contributed by atoms with Gasteiger partial charge in [-0.3, -0.25) is 4.79 Å². The Balaban J connectivity index is 1.48. The molecule has 3 heterocycles. The van der Waals surface area contributed by atoms with Gasteiger partial charge in [0.25, 0.3) is 0 Å². The van der Waals surface area contributed by atoms with E-state index in [1.165, 1.54) is 29.4 Å². The van der Waals surface area contributed by atoms with Crippen molar-refractivity contribution in [1.82, 2.24) is 24.2 Å². The fourth-order valence-corrected chi connectivity index (χ4v) is 4.76. The highest BCUT2D eigenvalue weighted by atomic mass is 32.2. The minimum Gasteiger partial charge on any atom is -0.354 e. The first-order valence-electron chi connectivity index (χ1n) is 10.7. The second-order valence-electron chi connectivity index (χ2n) is 7.80. The highest BCUT2D eigenvalue weighted by Gasteiger charge is 2.19. The van der Waals surface area contributed by atoms with Gasteiger partial charge in [-0.25, -0.2) is 0 Å². The molecule has 1 amide bonds. The summed E-state index contributed by atoms with van der Waals surface area (Å²) in [7, 11) is 2.05.